The fraction of sp³-hybridized carbons (Fsp3) is 0.471. The molecule has 0 atom stereocenters. The molecule has 2 rings (SSSR count). The van der Waals surface area contributed by atoms with Gasteiger partial charge in [-0.1, -0.05) is 49.6 Å². The Morgan fingerprint density at radius 1 is 1.29 bits per heavy atom. The van der Waals surface area contributed by atoms with Gasteiger partial charge >= 0.3 is 5.97 Å². The van der Waals surface area contributed by atoms with Crippen LogP contribution in [-0.2, 0) is 9.53 Å². The Hall–Kier alpha value is -1.65. The quantitative estimate of drug-likeness (QED) is 0.513. The molecular formula is C17H23NO3. The number of rotatable bonds is 5. The van der Waals surface area contributed by atoms with E-state index in [9.17, 15) is 10.0 Å². The molecule has 4 heteroatoms. The van der Waals surface area contributed by atoms with Crippen LogP contribution in [0, 0.1) is 0 Å². The molecule has 0 unspecified atom stereocenters. The van der Waals surface area contributed by atoms with Crippen LogP contribution in [0.4, 0.5) is 0 Å². The van der Waals surface area contributed by atoms with Crippen LogP contribution < -0.4 is 0 Å². The van der Waals surface area contributed by atoms with Crippen LogP contribution in [0.5, 0.6) is 0 Å². The Morgan fingerprint density at radius 2 is 1.95 bits per heavy atom. The molecule has 0 radical (unpaired) electrons. The van der Waals surface area contributed by atoms with Gasteiger partial charge in [0.15, 0.2) is 0 Å². The molecule has 0 bridgehead atoms. The summed E-state index contributed by atoms with van der Waals surface area (Å²) < 4.78 is 4.83. The standard InChI is InChI=1S/C17H23NO3/c1-21-17(19)15(12-14-8-4-2-5-9-14)13-18(20)16-10-6-3-7-11-16/h2,4-5,8-9,12,16,20H,3,6-7,10-11,13H2,1H3/b15-12-. The number of hydroxylamine groups is 2. The molecule has 0 amide bonds. The summed E-state index contributed by atoms with van der Waals surface area (Å²) in [6.07, 6.45) is 7.24. The zero-order chi connectivity index (χ0) is 15.1. The fourth-order valence-corrected chi connectivity index (χ4v) is 2.73. The monoisotopic (exact) mass is 289 g/mol. The van der Waals surface area contributed by atoms with E-state index in [0.717, 1.165) is 31.2 Å². The predicted octanol–water partition coefficient (Wildman–Crippen LogP) is 3.27. The SMILES string of the molecule is COC(=O)/C(=C\c1ccccc1)CN(O)C1CCCCC1. The zero-order valence-corrected chi connectivity index (χ0v) is 12.5. The second-order valence-corrected chi connectivity index (χ2v) is 5.46. The third kappa shape index (κ3) is 4.69. The van der Waals surface area contributed by atoms with Gasteiger partial charge in [-0.15, -0.1) is 0 Å². The molecule has 0 aromatic heterocycles. The van der Waals surface area contributed by atoms with E-state index < -0.39 is 5.97 Å². The number of hydrogen-bond donors (Lipinski definition) is 1. The van der Waals surface area contributed by atoms with Gasteiger partial charge in [0, 0.05) is 6.04 Å². The van der Waals surface area contributed by atoms with E-state index in [1.54, 1.807) is 6.08 Å². The predicted molar refractivity (Wildman–Crippen MR) is 81.8 cm³/mol. The lowest BCUT2D eigenvalue weighted by Crippen LogP contribution is -2.36. The lowest BCUT2D eigenvalue weighted by Gasteiger charge is -2.29. The first-order chi connectivity index (χ1) is 10.2. The minimum Gasteiger partial charge on any atom is -0.466 e. The number of ether oxygens (including phenoxy) is 1. The number of benzene rings is 1. The molecule has 0 saturated heterocycles. The van der Waals surface area contributed by atoms with Gasteiger partial charge in [0.05, 0.1) is 19.2 Å². The van der Waals surface area contributed by atoms with Crippen molar-refractivity contribution < 1.29 is 14.7 Å². The summed E-state index contributed by atoms with van der Waals surface area (Å²) in [5.74, 6) is -0.395. The van der Waals surface area contributed by atoms with E-state index in [-0.39, 0.29) is 12.6 Å². The number of nitrogens with zero attached hydrogens (tertiary/aromatic N) is 1. The second kappa shape index (κ2) is 7.96. The van der Waals surface area contributed by atoms with Gasteiger partial charge in [-0.05, 0) is 24.5 Å². The van der Waals surface area contributed by atoms with Crippen molar-refractivity contribution in [1.82, 2.24) is 5.06 Å². The van der Waals surface area contributed by atoms with Gasteiger partial charge in [0.25, 0.3) is 0 Å². The Kier molecular flexibility index (Phi) is 5.96. The van der Waals surface area contributed by atoms with Crippen molar-refractivity contribution >= 4 is 12.0 Å². The maximum absolute atomic E-state index is 11.9. The number of carbonyl (C=O) groups is 1. The average Bonchev–Trinajstić information content (AvgIpc) is 2.55. The Bertz CT molecular complexity index is 478. The summed E-state index contributed by atoms with van der Waals surface area (Å²) in [4.78, 5) is 11.9. The Labute approximate surface area is 126 Å². The first-order valence-corrected chi connectivity index (χ1v) is 7.50. The van der Waals surface area contributed by atoms with Crippen LogP contribution in [0.1, 0.15) is 37.7 Å². The molecule has 114 valence electrons. The molecule has 1 aromatic rings. The Morgan fingerprint density at radius 3 is 2.57 bits per heavy atom. The molecule has 21 heavy (non-hydrogen) atoms. The first kappa shape index (κ1) is 15.7. The van der Waals surface area contributed by atoms with Crippen molar-refractivity contribution in [2.75, 3.05) is 13.7 Å². The van der Waals surface area contributed by atoms with Crippen molar-refractivity contribution in [3.63, 3.8) is 0 Å². The molecule has 0 heterocycles. The van der Waals surface area contributed by atoms with E-state index in [1.165, 1.54) is 18.6 Å². The Balaban J connectivity index is 2.09. The van der Waals surface area contributed by atoms with Gasteiger partial charge in [-0.25, -0.2) is 4.79 Å². The minimum atomic E-state index is -0.395. The van der Waals surface area contributed by atoms with Crippen LogP contribution in [0.2, 0.25) is 0 Å². The number of hydrogen-bond acceptors (Lipinski definition) is 4. The molecular weight excluding hydrogens is 266 g/mol. The summed E-state index contributed by atoms with van der Waals surface area (Å²) in [6, 6.07) is 9.74. The van der Waals surface area contributed by atoms with E-state index in [1.807, 2.05) is 30.3 Å². The molecule has 1 aliphatic carbocycles. The van der Waals surface area contributed by atoms with Crippen LogP contribution in [0.25, 0.3) is 6.08 Å². The number of esters is 1. The highest BCUT2D eigenvalue weighted by Gasteiger charge is 2.22. The van der Waals surface area contributed by atoms with Crippen molar-refractivity contribution in [2.45, 2.75) is 38.1 Å². The highest BCUT2D eigenvalue weighted by molar-refractivity contribution is 5.94. The van der Waals surface area contributed by atoms with E-state index in [0.29, 0.717) is 5.57 Å². The van der Waals surface area contributed by atoms with E-state index >= 15 is 0 Å². The number of carbonyl (C=O) groups excluding carboxylic acids is 1. The largest absolute Gasteiger partial charge is 0.466 e. The van der Waals surface area contributed by atoms with E-state index in [2.05, 4.69) is 0 Å². The summed E-state index contributed by atoms with van der Waals surface area (Å²) >= 11 is 0. The molecule has 1 aromatic carbocycles. The van der Waals surface area contributed by atoms with Crippen LogP contribution in [0.3, 0.4) is 0 Å². The van der Waals surface area contributed by atoms with Crippen molar-refractivity contribution in [1.29, 1.82) is 0 Å². The molecule has 1 saturated carbocycles. The average molecular weight is 289 g/mol. The molecule has 0 aliphatic heterocycles. The van der Waals surface area contributed by atoms with Crippen LogP contribution in [0.15, 0.2) is 35.9 Å². The first-order valence-electron chi connectivity index (χ1n) is 7.50. The van der Waals surface area contributed by atoms with Crippen LogP contribution in [-0.4, -0.2) is 35.9 Å². The normalized spacial score (nSPS) is 17.0. The maximum Gasteiger partial charge on any atom is 0.335 e. The smallest absolute Gasteiger partial charge is 0.335 e. The third-order valence-electron chi connectivity index (χ3n) is 3.92. The maximum atomic E-state index is 11.9. The highest BCUT2D eigenvalue weighted by atomic mass is 16.5. The minimum absolute atomic E-state index is 0.141. The van der Waals surface area contributed by atoms with Gasteiger partial charge in [-0.2, -0.15) is 5.06 Å². The third-order valence-corrected chi connectivity index (χ3v) is 3.92. The van der Waals surface area contributed by atoms with Gasteiger partial charge < -0.3 is 9.94 Å². The summed E-state index contributed by atoms with van der Waals surface area (Å²) in [6.45, 7) is 0.201. The van der Waals surface area contributed by atoms with Gasteiger partial charge in [0.2, 0.25) is 0 Å². The topological polar surface area (TPSA) is 49.8 Å². The summed E-state index contributed by atoms with van der Waals surface area (Å²) in [5.41, 5.74) is 1.40. The molecule has 1 fully saturated rings. The second-order valence-electron chi connectivity index (χ2n) is 5.46. The van der Waals surface area contributed by atoms with Gasteiger partial charge in [0.1, 0.15) is 0 Å². The molecule has 0 spiro atoms. The van der Waals surface area contributed by atoms with Crippen LogP contribution >= 0.6 is 0 Å². The molecule has 1 aliphatic rings. The highest BCUT2D eigenvalue weighted by Crippen LogP contribution is 2.22. The lowest BCUT2D eigenvalue weighted by molar-refractivity contribution is -0.144. The fourth-order valence-electron chi connectivity index (χ4n) is 2.73. The van der Waals surface area contributed by atoms with Crippen molar-refractivity contribution in [3.8, 4) is 0 Å². The summed E-state index contributed by atoms with van der Waals surface area (Å²) in [5, 5.41) is 11.5. The van der Waals surface area contributed by atoms with Crippen molar-refractivity contribution in [2.24, 2.45) is 0 Å². The molecule has 1 N–H and O–H groups in total. The number of methoxy groups -OCH3 is 1. The lowest BCUT2D eigenvalue weighted by atomic mass is 9.95. The zero-order valence-electron chi connectivity index (χ0n) is 12.5. The van der Waals surface area contributed by atoms with Gasteiger partial charge in [-0.3, -0.25) is 0 Å². The molecule has 4 nitrogen and oxygen atoms in total. The summed E-state index contributed by atoms with van der Waals surface area (Å²) in [7, 11) is 1.36. The van der Waals surface area contributed by atoms with E-state index in [4.69, 9.17) is 4.74 Å². The van der Waals surface area contributed by atoms with Crippen molar-refractivity contribution in [3.05, 3.63) is 41.5 Å².